The lowest BCUT2D eigenvalue weighted by atomic mass is 9.94. The molecule has 7 heteroatoms. The van der Waals surface area contributed by atoms with Crippen LogP contribution in [0.2, 0.25) is 0 Å². The number of aliphatic hydroxyl groups is 1. The number of para-hydroxylation sites is 1. The number of aliphatic hydroxyl groups excluding tert-OH is 1. The maximum Gasteiger partial charge on any atom is 0.290 e. The van der Waals surface area contributed by atoms with Crippen molar-refractivity contribution in [1.82, 2.24) is 4.90 Å². The molecule has 4 aromatic rings. The molecule has 7 nitrogen and oxygen atoms in total. The molecule has 0 spiro atoms. The summed E-state index contributed by atoms with van der Waals surface area (Å²) in [6, 6.07) is 21.8. The number of amides is 1. The van der Waals surface area contributed by atoms with Crippen LogP contribution < -0.4 is 4.74 Å². The van der Waals surface area contributed by atoms with Crippen LogP contribution in [-0.2, 0) is 11.3 Å². The summed E-state index contributed by atoms with van der Waals surface area (Å²) in [7, 11) is 0. The topological polar surface area (TPSA) is 100 Å². The number of fused-ring (bicyclic) bond motifs is 1. The lowest BCUT2D eigenvalue weighted by Crippen LogP contribution is -2.30. The van der Waals surface area contributed by atoms with Crippen LogP contribution in [0.5, 0.6) is 11.5 Å². The lowest BCUT2D eigenvalue weighted by molar-refractivity contribution is -0.130. The Kier molecular flexibility index (Phi) is 5.74. The molecule has 5 rings (SSSR count). The number of benzene rings is 3. The molecule has 0 saturated carbocycles. The zero-order valence-electron chi connectivity index (χ0n) is 19.0. The van der Waals surface area contributed by atoms with Gasteiger partial charge in [0.1, 0.15) is 5.58 Å². The highest BCUT2D eigenvalue weighted by Crippen LogP contribution is 2.42. The summed E-state index contributed by atoms with van der Waals surface area (Å²) in [5.41, 5.74) is 1.79. The second kappa shape index (κ2) is 9.02. The summed E-state index contributed by atoms with van der Waals surface area (Å²) in [5.74, 6) is -1.69. The maximum atomic E-state index is 13.7. The van der Waals surface area contributed by atoms with Crippen LogP contribution >= 0.6 is 0 Å². The van der Waals surface area contributed by atoms with Gasteiger partial charge in [0, 0.05) is 11.9 Å². The highest BCUT2D eigenvalue weighted by atomic mass is 16.5. The van der Waals surface area contributed by atoms with E-state index >= 15 is 0 Å². The van der Waals surface area contributed by atoms with Gasteiger partial charge in [0.25, 0.3) is 5.91 Å². The summed E-state index contributed by atoms with van der Waals surface area (Å²) in [4.78, 5) is 28.3. The zero-order chi connectivity index (χ0) is 24.5. The number of aromatic hydroxyl groups is 1. The number of nitrogens with zero attached hydrogens (tertiary/aromatic N) is 1. The second-order valence-corrected chi connectivity index (χ2v) is 8.22. The Hall–Kier alpha value is -4.52. The van der Waals surface area contributed by atoms with Crippen molar-refractivity contribution in [2.24, 2.45) is 0 Å². The minimum Gasteiger partial charge on any atom is -0.504 e. The van der Waals surface area contributed by atoms with Gasteiger partial charge >= 0.3 is 0 Å². The second-order valence-electron chi connectivity index (χ2n) is 8.22. The number of phenols is 1. The van der Waals surface area contributed by atoms with Crippen molar-refractivity contribution >= 4 is 22.7 Å². The first-order valence-electron chi connectivity index (χ1n) is 11.2. The predicted molar refractivity (Wildman–Crippen MR) is 129 cm³/mol. The van der Waals surface area contributed by atoms with E-state index in [1.165, 1.54) is 11.0 Å². The molecular weight excluding hydrogens is 446 g/mol. The average Bonchev–Trinajstić information content (AvgIpc) is 3.41. The van der Waals surface area contributed by atoms with Gasteiger partial charge in [-0.1, -0.05) is 54.6 Å². The van der Waals surface area contributed by atoms with Gasteiger partial charge in [-0.15, -0.1) is 0 Å². The average molecular weight is 469 g/mol. The van der Waals surface area contributed by atoms with E-state index in [0.717, 1.165) is 10.9 Å². The first-order valence-corrected chi connectivity index (χ1v) is 11.2. The van der Waals surface area contributed by atoms with Crippen LogP contribution in [0.1, 0.15) is 34.6 Å². The van der Waals surface area contributed by atoms with Crippen molar-refractivity contribution in [3.63, 3.8) is 0 Å². The van der Waals surface area contributed by atoms with Crippen LogP contribution in [-0.4, -0.2) is 33.4 Å². The Bertz CT molecular complexity index is 1420. The molecule has 1 atom stereocenters. The molecule has 1 aromatic heterocycles. The Morgan fingerprint density at radius 2 is 1.74 bits per heavy atom. The number of rotatable bonds is 7. The number of carbonyl (C=O) groups is 2. The molecule has 1 aliphatic rings. The smallest absolute Gasteiger partial charge is 0.290 e. The van der Waals surface area contributed by atoms with E-state index in [1.807, 2.05) is 42.5 Å². The fourth-order valence-electron chi connectivity index (χ4n) is 4.37. The van der Waals surface area contributed by atoms with Gasteiger partial charge in [0.2, 0.25) is 5.78 Å². The number of Topliss-reactive ketones (excluding diaryl/α,β-unsaturated/α-hetero) is 1. The van der Waals surface area contributed by atoms with Crippen molar-refractivity contribution in [2.45, 2.75) is 19.5 Å². The van der Waals surface area contributed by atoms with Gasteiger partial charge in [-0.3, -0.25) is 9.59 Å². The van der Waals surface area contributed by atoms with Crippen molar-refractivity contribution in [3.8, 4) is 11.5 Å². The van der Waals surface area contributed by atoms with E-state index in [4.69, 9.17) is 9.15 Å². The standard InChI is InChI=1S/C28H23NO6/c1-2-34-22-15-19(12-13-20(22)30)25-24(26(31)23-14-18-10-6-7-11-21(18)35-23)27(32)28(33)29(25)16-17-8-4-3-5-9-17/h3-15,25,30,32H,2,16H2,1H3/t25-/m1/s1. The molecule has 1 aliphatic heterocycles. The Morgan fingerprint density at radius 1 is 1.00 bits per heavy atom. The predicted octanol–water partition coefficient (Wildman–Crippen LogP) is 5.32. The number of carbonyl (C=O) groups excluding carboxylic acids is 2. The summed E-state index contributed by atoms with van der Waals surface area (Å²) < 4.78 is 11.3. The van der Waals surface area contributed by atoms with Crippen molar-refractivity contribution in [1.29, 1.82) is 0 Å². The number of ether oxygens (including phenoxy) is 1. The summed E-state index contributed by atoms with van der Waals surface area (Å²) in [6.45, 7) is 2.27. The fraction of sp³-hybridized carbons (Fsp3) is 0.143. The normalized spacial score (nSPS) is 15.7. The number of furan rings is 1. The van der Waals surface area contributed by atoms with Crippen molar-refractivity contribution in [2.75, 3.05) is 6.61 Å². The minimum atomic E-state index is -0.914. The molecule has 35 heavy (non-hydrogen) atoms. The fourth-order valence-corrected chi connectivity index (χ4v) is 4.37. The molecular formula is C28H23NO6. The molecule has 2 N–H and O–H groups in total. The van der Waals surface area contributed by atoms with Crippen molar-refractivity contribution < 1.29 is 29.0 Å². The summed E-state index contributed by atoms with van der Waals surface area (Å²) >= 11 is 0. The third-order valence-corrected chi connectivity index (χ3v) is 5.99. The molecule has 0 aliphatic carbocycles. The van der Waals surface area contributed by atoms with Gasteiger partial charge in [0.05, 0.1) is 18.2 Å². The van der Waals surface area contributed by atoms with Gasteiger partial charge in [-0.25, -0.2) is 0 Å². The van der Waals surface area contributed by atoms with Crippen LogP contribution in [0.25, 0.3) is 11.0 Å². The molecule has 3 aromatic carbocycles. The maximum absolute atomic E-state index is 13.7. The number of phenolic OH excluding ortho intramolecular Hbond substituents is 1. The molecule has 176 valence electrons. The van der Waals surface area contributed by atoms with Gasteiger partial charge in [0.15, 0.2) is 23.0 Å². The van der Waals surface area contributed by atoms with E-state index in [1.54, 1.807) is 37.3 Å². The van der Waals surface area contributed by atoms with E-state index in [-0.39, 0.29) is 29.4 Å². The van der Waals surface area contributed by atoms with Crippen LogP contribution in [0.3, 0.4) is 0 Å². The van der Waals surface area contributed by atoms with E-state index in [2.05, 4.69) is 0 Å². The minimum absolute atomic E-state index is 0.0240. The molecule has 1 amide bonds. The summed E-state index contributed by atoms with van der Waals surface area (Å²) in [5, 5.41) is 21.9. The zero-order valence-corrected chi connectivity index (χ0v) is 19.0. The van der Waals surface area contributed by atoms with Crippen molar-refractivity contribution in [3.05, 3.63) is 107 Å². The molecule has 0 bridgehead atoms. The summed E-state index contributed by atoms with van der Waals surface area (Å²) in [6.07, 6.45) is 0. The third-order valence-electron chi connectivity index (χ3n) is 5.99. The molecule has 0 saturated heterocycles. The lowest BCUT2D eigenvalue weighted by Gasteiger charge is -2.27. The highest BCUT2D eigenvalue weighted by Gasteiger charge is 2.44. The number of ketones is 1. The van der Waals surface area contributed by atoms with Gasteiger partial charge < -0.3 is 24.3 Å². The largest absolute Gasteiger partial charge is 0.504 e. The quantitative estimate of drug-likeness (QED) is 0.356. The molecule has 2 heterocycles. The SMILES string of the molecule is CCOc1cc([C@@H]2C(C(=O)c3cc4ccccc4o3)=C(O)C(=O)N2Cc2ccccc2)ccc1O. The number of hydrogen-bond acceptors (Lipinski definition) is 6. The highest BCUT2D eigenvalue weighted by molar-refractivity contribution is 6.16. The molecule has 0 radical (unpaired) electrons. The Morgan fingerprint density at radius 3 is 2.49 bits per heavy atom. The van der Waals surface area contributed by atoms with Crippen LogP contribution in [0.15, 0.2) is 94.6 Å². The van der Waals surface area contributed by atoms with Gasteiger partial charge in [-0.05, 0) is 42.3 Å². The van der Waals surface area contributed by atoms with Gasteiger partial charge in [-0.2, -0.15) is 0 Å². The third kappa shape index (κ3) is 4.01. The Labute approximate surface area is 201 Å². The molecule has 0 fully saturated rings. The number of hydrogen-bond donors (Lipinski definition) is 2. The molecule has 0 unspecified atom stereocenters. The first kappa shape index (κ1) is 22.3. The van der Waals surface area contributed by atoms with Crippen LogP contribution in [0.4, 0.5) is 0 Å². The first-order chi connectivity index (χ1) is 17.0. The van der Waals surface area contributed by atoms with E-state index < -0.39 is 23.5 Å². The van der Waals surface area contributed by atoms with E-state index in [0.29, 0.717) is 17.8 Å². The Balaban J connectivity index is 1.62. The monoisotopic (exact) mass is 469 g/mol. The van der Waals surface area contributed by atoms with Crippen LogP contribution in [0, 0.1) is 0 Å². The van der Waals surface area contributed by atoms with E-state index in [9.17, 15) is 19.8 Å².